The zero-order valence-corrected chi connectivity index (χ0v) is 18.1. The Balaban J connectivity index is 1.53. The third-order valence-electron chi connectivity index (χ3n) is 5.73. The summed E-state index contributed by atoms with van der Waals surface area (Å²) in [4.78, 5) is 23.3. The number of carbonyl (C=O) groups excluding carboxylic acids is 1. The minimum atomic E-state index is -3.69. The summed E-state index contributed by atoms with van der Waals surface area (Å²) in [5.41, 5.74) is 2.18. The minimum Gasteiger partial charge on any atom is -0.340 e. The van der Waals surface area contributed by atoms with Crippen LogP contribution in [0, 0.1) is 0 Å². The van der Waals surface area contributed by atoms with Gasteiger partial charge in [-0.25, -0.2) is 13.4 Å². The van der Waals surface area contributed by atoms with E-state index in [2.05, 4.69) is 9.97 Å². The lowest BCUT2D eigenvalue weighted by Gasteiger charge is -2.40. The van der Waals surface area contributed by atoms with Gasteiger partial charge in [0.05, 0.1) is 15.9 Å². The number of carbonyl (C=O) groups is 1. The molecule has 0 bridgehead atoms. The molecule has 0 aliphatic carbocycles. The first kappa shape index (κ1) is 20.4. The number of rotatable bonds is 4. The van der Waals surface area contributed by atoms with Gasteiger partial charge in [-0.1, -0.05) is 48.5 Å². The van der Waals surface area contributed by atoms with E-state index in [1.807, 2.05) is 42.5 Å². The van der Waals surface area contributed by atoms with E-state index in [9.17, 15) is 13.2 Å². The number of sulfonamides is 1. The molecule has 0 spiro atoms. The Morgan fingerprint density at radius 1 is 0.875 bits per heavy atom. The van der Waals surface area contributed by atoms with E-state index in [0.717, 1.165) is 11.0 Å². The van der Waals surface area contributed by atoms with Crippen molar-refractivity contribution in [2.75, 3.05) is 19.6 Å². The Bertz CT molecular complexity index is 1320. The Hall–Kier alpha value is -3.49. The predicted molar refractivity (Wildman–Crippen MR) is 122 cm³/mol. The fourth-order valence-corrected chi connectivity index (χ4v) is 5.53. The van der Waals surface area contributed by atoms with Crippen molar-refractivity contribution < 1.29 is 13.2 Å². The maximum atomic E-state index is 13.3. The SMILES string of the molecule is O=C(c1ccccc1)N1CCN(S(=O)(=O)c2ccccc2)CC1c1nc2ccccc2[nH]1. The summed E-state index contributed by atoms with van der Waals surface area (Å²) in [7, 11) is -3.69. The second kappa shape index (κ2) is 8.22. The van der Waals surface area contributed by atoms with Gasteiger partial charge in [-0.3, -0.25) is 4.79 Å². The maximum absolute atomic E-state index is 13.3. The van der Waals surface area contributed by atoms with Gasteiger partial charge in [-0.05, 0) is 36.4 Å². The minimum absolute atomic E-state index is 0.121. The summed E-state index contributed by atoms with van der Waals surface area (Å²) < 4.78 is 28.0. The van der Waals surface area contributed by atoms with E-state index >= 15 is 0 Å². The van der Waals surface area contributed by atoms with Crippen LogP contribution < -0.4 is 0 Å². The van der Waals surface area contributed by atoms with E-state index in [1.54, 1.807) is 47.4 Å². The first-order chi connectivity index (χ1) is 15.5. The number of H-pyrrole nitrogens is 1. The molecule has 4 aromatic rings. The fourth-order valence-electron chi connectivity index (χ4n) is 4.07. The monoisotopic (exact) mass is 446 g/mol. The van der Waals surface area contributed by atoms with Gasteiger partial charge >= 0.3 is 0 Å². The standard InChI is InChI=1S/C24H22N4O3S/c29-24(18-9-3-1-4-10-18)28-16-15-27(32(30,31)19-11-5-2-6-12-19)17-22(28)23-25-20-13-7-8-14-21(20)26-23/h1-14,22H,15-17H2,(H,25,26). The van der Waals surface area contributed by atoms with Crippen LogP contribution in [0.15, 0.2) is 89.8 Å². The first-order valence-corrected chi connectivity index (χ1v) is 11.8. The number of imidazole rings is 1. The molecular formula is C24H22N4O3S. The highest BCUT2D eigenvalue weighted by Crippen LogP contribution is 2.30. The summed E-state index contributed by atoms with van der Waals surface area (Å²) in [5.74, 6) is 0.427. The molecule has 1 aliphatic heterocycles. The number of para-hydroxylation sites is 2. The fraction of sp³-hybridized carbons (Fsp3) is 0.167. The maximum Gasteiger partial charge on any atom is 0.254 e. The molecule has 1 atom stereocenters. The van der Waals surface area contributed by atoms with Crippen LogP contribution in [-0.2, 0) is 10.0 Å². The van der Waals surface area contributed by atoms with Gasteiger partial charge < -0.3 is 9.88 Å². The number of nitrogens with zero attached hydrogens (tertiary/aromatic N) is 3. The van der Waals surface area contributed by atoms with E-state index in [1.165, 1.54) is 4.31 Å². The molecule has 5 rings (SSSR count). The van der Waals surface area contributed by atoms with Crippen molar-refractivity contribution in [2.24, 2.45) is 0 Å². The van der Waals surface area contributed by atoms with E-state index in [-0.39, 0.29) is 30.4 Å². The molecule has 8 heteroatoms. The number of amides is 1. The molecular weight excluding hydrogens is 424 g/mol. The van der Waals surface area contributed by atoms with Crippen LogP contribution in [0.2, 0.25) is 0 Å². The van der Waals surface area contributed by atoms with E-state index in [0.29, 0.717) is 11.4 Å². The molecule has 3 aromatic carbocycles. The average molecular weight is 447 g/mol. The van der Waals surface area contributed by atoms with Crippen LogP contribution in [0.5, 0.6) is 0 Å². The highest BCUT2D eigenvalue weighted by Gasteiger charge is 2.38. The molecule has 1 N–H and O–H groups in total. The van der Waals surface area contributed by atoms with Crippen molar-refractivity contribution in [2.45, 2.75) is 10.9 Å². The summed E-state index contributed by atoms with van der Waals surface area (Å²) in [5, 5.41) is 0. The lowest BCUT2D eigenvalue weighted by atomic mass is 10.1. The summed E-state index contributed by atoms with van der Waals surface area (Å²) in [6, 6.07) is 24.5. The van der Waals surface area contributed by atoms with E-state index in [4.69, 9.17) is 0 Å². The highest BCUT2D eigenvalue weighted by atomic mass is 32.2. The number of hydrogen-bond acceptors (Lipinski definition) is 4. The Morgan fingerprint density at radius 3 is 2.25 bits per heavy atom. The van der Waals surface area contributed by atoms with Crippen LogP contribution in [0.25, 0.3) is 11.0 Å². The zero-order chi connectivity index (χ0) is 22.1. The molecule has 7 nitrogen and oxygen atoms in total. The molecule has 1 aliphatic rings. The van der Waals surface area contributed by atoms with Gasteiger partial charge in [0.15, 0.2) is 0 Å². The molecule has 1 saturated heterocycles. The molecule has 1 aromatic heterocycles. The molecule has 2 heterocycles. The first-order valence-electron chi connectivity index (χ1n) is 10.4. The number of fused-ring (bicyclic) bond motifs is 1. The Kier molecular flexibility index (Phi) is 5.24. The molecule has 0 saturated carbocycles. The van der Waals surface area contributed by atoms with Gasteiger partial charge in [0.2, 0.25) is 10.0 Å². The summed E-state index contributed by atoms with van der Waals surface area (Å²) >= 11 is 0. The Morgan fingerprint density at radius 2 is 1.53 bits per heavy atom. The summed E-state index contributed by atoms with van der Waals surface area (Å²) in [6.07, 6.45) is 0. The van der Waals surface area contributed by atoms with Crippen LogP contribution in [-0.4, -0.2) is 53.1 Å². The third kappa shape index (κ3) is 3.68. The number of aromatic amines is 1. The van der Waals surface area contributed by atoms with Gasteiger partial charge in [-0.2, -0.15) is 4.31 Å². The van der Waals surface area contributed by atoms with Crippen LogP contribution in [0.3, 0.4) is 0 Å². The topological polar surface area (TPSA) is 86.4 Å². The third-order valence-corrected chi connectivity index (χ3v) is 7.61. The van der Waals surface area contributed by atoms with Crippen molar-refractivity contribution in [3.8, 4) is 0 Å². The number of aromatic nitrogens is 2. The van der Waals surface area contributed by atoms with Gasteiger partial charge in [0, 0.05) is 25.2 Å². The van der Waals surface area contributed by atoms with Crippen molar-refractivity contribution in [1.82, 2.24) is 19.2 Å². The quantitative estimate of drug-likeness (QED) is 0.520. The summed E-state index contributed by atoms with van der Waals surface area (Å²) in [6.45, 7) is 0.601. The average Bonchev–Trinajstić information content (AvgIpc) is 3.28. The van der Waals surface area contributed by atoms with Crippen molar-refractivity contribution in [1.29, 1.82) is 0 Å². The molecule has 1 unspecified atom stereocenters. The molecule has 1 fully saturated rings. The number of hydrogen-bond donors (Lipinski definition) is 1. The van der Waals surface area contributed by atoms with E-state index < -0.39 is 16.1 Å². The van der Waals surface area contributed by atoms with Gasteiger partial charge in [-0.15, -0.1) is 0 Å². The molecule has 32 heavy (non-hydrogen) atoms. The molecule has 162 valence electrons. The van der Waals surface area contributed by atoms with Crippen molar-refractivity contribution in [3.05, 3.63) is 96.3 Å². The van der Waals surface area contributed by atoms with Crippen molar-refractivity contribution in [3.63, 3.8) is 0 Å². The zero-order valence-electron chi connectivity index (χ0n) is 17.3. The normalized spacial score (nSPS) is 17.5. The number of piperazine rings is 1. The highest BCUT2D eigenvalue weighted by molar-refractivity contribution is 7.89. The lowest BCUT2D eigenvalue weighted by Crippen LogP contribution is -2.52. The Labute approximate surface area is 186 Å². The van der Waals surface area contributed by atoms with Gasteiger partial charge in [0.25, 0.3) is 5.91 Å². The molecule has 0 radical (unpaired) electrons. The predicted octanol–water partition coefficient (Wildman–Crippen LogP) is 3.45. The number of benzene rings is 3. The lowest BCUT2D eigenvalue weighted by molar-refractivity contribution is 0.0550. The van der Waals surface area contributed by atoms with Crippen LogP contribution in [0.1, 0.15) is 22.2 Å². The van der Waals surface area contributed by atoms with Crippen molar-refractivity contribution >= 4 is 27.0 Å². The smallest absolute Gasteiger partial charge is 0.254 e. The second-order valence-corrected chi connectivity index (χ2v) is 9.63. The largest absolute Gasteiger partial charge is 0.340 e. The number of nitrogens with one attached hydrogen (secondary N) is 1. The second-order valence-electron chi connectivity index (χ2n) is 7.70. The van der Waals surface area contributed by atoms with Crippen LogP contribution in [0.4, 0.5) is 0 Å². The molecule has 1 amide bonds. The van der Waals surface area contributed by atoms with Gasteiger partial charge in [0.1, 0.15) is 11.9 Å². The van der Waals surface area contributed by atoms with Crippen LogP contribution >= 0.6 is 0 Å².